The molecule has 2 unspecified atom stereocenters. The van der Waals surface area contributed by atoms with Crippen LogP contribution in [0.25, 0.3) is 0 Å². The Kier molecular flexibility index (Phi) is 5.38. The van der Waals surface area contributed by atoms with Gasteiger partial charge in [-0.25, -0.2) is 4.79 Å². The van der Waals surface area contributed by atoms with Crippen LogP contribution in [0.15, 0.2) is 46.1 Å². The molecule has 3 rings (SSSR count). The van der Waals surface area contributed by atoms with Crippen LogP contribution in [0.2, 0.25) is 0 Å². The van der Waals surface area contributed by atoms with E-state index in [4.69, 9.17) is 4.74 Å². The molecule has 2 aromatic rings. The molecule has 0 saturated carbocycles. The first-order chi connectivity index (χ1) is 12.4. The predicted octanol–water partition coefficient (Wildman–Crippen LogP) is -0.827. The lowest BCUT2D eigenvalue weighted by Gasteiger charge is -2.18. The third-order valence-electron chi connectivity index (χ3n) is 4.75. The first-order valence-electron chi connectivity index (χ1n) is 8.43. The first kappa shape index (κ1) is 18.5. The fourth-order valence-corrected chi connectivity index (χ4v) is 3.16. The van der Waals surface area contributed by atoms with Crippen LogP contribution in [-0.2, 0) is 17.7 Å². The van der Waals surface area contributed by atoms with E-state index in [0.717, 1.165) is 20.3 Å². The van der Waals surface area contributed by atoms with E-state index in [1.54, 1.807) is 0 Å². The van der Waals surface area contributed by atoms with Crippen molar-refractivity contribution in [2.24, 2.45) is 0 Å². The topological polar surface area (TPSA) is 114 Å². The molecule has 3 N–H and O–H groups in total. The maximum absolute atomic E-state index is 12.7. The van der Waals surface area contributed by atoms with Gasteiger partial charge >= 0.3 is 5.69 Å². The van der Waals surface area contributed by atoms with Crippen LogP contribution in [0.4, 0.5) is 0 Å². The number of aromatic nitrogens is 2. The SMILES string of the molecule is Cc1ccccc1CCn1c(=O)ccn([C@@H]2O[C@H](CO)C(O)C2O)c1=O. The zero-order chi connectivity index (χ0) is 18.8. The maximum Gasteiger partial charge on any atom is 0.333 e. The number of ether oxygens (including phenoxy) is 1. The molecule has 0 bridgehead atoms. The molecular weight excluding hydrogens is 340 g/mol. The number of hydrogen-bond donors (Lipinski definition) is 3. The van der Waals surface area contributed by atoms with Gasteiger partial charge in [-0.15, -0.1) is 0 Å². The lowest BCUT2D eigenvalue weighted by atomic mass is 10.1. The van der Waals surface area contributed by atoms with E-state index < -0.39 is 42.4 Å². The molecule has 1 saturated heterocycles. The molecule has 0 spiro atoms. The van der Waals surface area contributed by atoms with Gasteiger partial charge in [-0.3, -0.25) is 13.9 Å². The van der Waals surface area contributed by atoms with Crippen molar-refractivity contribution in [3.05, 3.63) is 68.5 Å². The van der Waals surface area contributed by atoms with Crippen LogP contribution >= 0.6 is 0 Å². The second-order valence-electron chi connectivity index (χ2n) is 6.40. The highest BCUT2D eigenvalue weighted by molar-refractivity contribution is 5.25. The zero-order valence-corrected chi connectivity index (χ0v) is 14.4. The molecule has 1 fully saturated rings. The van der Waals surface area contributed by atoms with Gasteiger partial charge in [0.1, 0.15) is 18.3 Å². The molecule has 1 aromatic carbocycles. The van der Waals surface area contributed by atoms with Gasteiger partial charge in [-0.05, 0) is 24.5 Å². The van der Waals surface area contributed by atoms with E-state index in [-0.39, 0.29) is 6.54 Å². The van der Waals surface area contributed by atoms with Crippen molar-refractivity contribution in [3.63, 3.8) is 0 Å². The molecule has 2 heterocycles. The largest absolute Gasteiger partial charge is 0.394 e. The maximum atomic E-state index is 12.7. The highest BCUT2D eigenvalue weighted by Crippen LogP contribution is 2.27. The fourth-order valence-electron chi connectivity index (χ4n) is 3.16. The van der Waals surface area contributed by atoms with E-state index in [1.165, 1.54) is 12.3 Å². The summed E-state index contributed by atoms with van der Waals surface area (Å²) in [4.78, 5) is 24.9. The Labute approximate surface area is 149 Å². The van der Waals surface area contributed by atoms with Crippen molar-refractivity contribution in [2.75, 3.05) is 6.61 Å². The number of hydrogen-bond acceptors (Lipinski definition) is 6. The Hall–Kier alpha value is -2.26. The van der Waals surface area contributed by atoms with Crippen LogP contribution in [0.5, 0.6) is 0 Å². The average Bonchev–Trinajstić information content (AvgIpc) is 2.91. The van der Waals surface area contributed by atoms with E-state index in [2.05, 4.69) is 0 Å². The van der Waals surface area contributed by atoms with Gasteiger partial charge in [0.05, 0.1) is 6.61 Å². The fraction of sp³-hybridized carbons (Fsp3) is 0.444. The molecule has 1 aliphatic rings. The molecule has 0 amide bonds. The molecule has 0 aliphatic carbocycles. The third kappa shape index (κ3) is 3.36. The van der Waals surface area contributed by atoms with Crippen LogP contribution in [0.3, 0.4) is 0 Å². The third-order valence-corrected chi connectivity index (χ3v) is 4.75. The van der Waals surface area contributed by atoms with Crippen LogP contribution in [-0.4, -0.2) is 49.4 Å². The van der Waals surface area contributed by atoms with Crippen molar-refractivity contribution in [2.45, 2.75) is 44.4 Å². The number of aliphatic hydroxyl groups excluding tert-OH is 3. The summed E-state index contributed by atoms with van der Waals surface area (Å²) in [6.45, 7) is 1.65. The minimum Gasteiger partial charge on any atom is -0.394 e. The monoisotopic (exact) mass is 362 g/mol. The summed E-state index contributed by atoms with van der Waals surface area (Å²) in [5, 5.41) is 29.2. The van der Waals surface area contributed by atoms with Crippen molar-refractivity contribution in [1.82, 2.24) is 9.13 Å². The molecular formula is C18H22N2O6. The molecule has 8 heteroatoms. The summed E-state index contributed by atoms with van der Waals surface area (Å²) < 4.78 is 7.52. The Balaban J connectivity index is 1.89. The van der Waals surface area contributed by atoms with Gasteiger partial charge in [0.25, 0.3) is 5.56 Å². The highest BCUT2D eigenvalue weighted by atomic mass is 16.6. The lowest BCUT2D eigenvalue weighted by molar-refractivity contribution is -0.0556. The van der Waals surface area contributed by atoms with Crippen LogP contribution in [0, 0.1) is 6.92 Å². The Morgan fingerprint density at radius 3 is 2.50 bits per heavy atom. The molecule has 4 atom stereocenters. The average molecular weight is 362 g/mol. The van der Waals surface area contributed by atoms with Gasteiger partial charge in [-0.2, -0.15) is 0 Å². The molecule has 0 radical (unpaired) electrons. The van der Waals surface area contributed by atoms with E-state index in [1.807, 2.05) is 31.2 Å². The Morgan fingerprint density at radius 2 is 1.85 bits per heavy atom. The standard InChI is InChI=1S/C18H22N2O6/c1-11-4-2-3-5-12(11)6-8-19-14(22)7-9-20(18(19)25)17-16(24)15(23)13(10-21)26-17/h2-5,7,9,13,15-17,21,23-24H,6,8,10H2,1H3/t13-,15?,16?,17-/m1/s1. The van der Waals surface area contributed by atoms with Crippen molar-refractivity contribution in [1.29, 1.82) is 0 Å². The summed E-state index contributed by atoms with van der Waals surface area (Å²) in [7, 11) is 0. The van der Waals surface area contributed by atoms with E-state index >= 15 is 0 Å². The molecule has 8 nitrogen and oxygen atoms in total. The smallest absolute Gasteiger partial charge is 0.333 e. The molecule has 26 heavy (non-hydrogen) atoms. The summed E-state index contributed by atoms with van der Waals surface area (Å²) in [5.41, 5.74) is 1.01. The quantitative estimate of drug-likeness (QED) is 0.640. The van der Waals surface area contributed by atoms with Crippen LogP contribution in [0.1, 0.15) is 17.4 Å². The predicted molar refractivity (Wildman–Crippen MR) is 92.9 cm³/mol. The normalized spacial score (nSPS) is 25.5. The number of aryl methyl sites for hydroxylation is 2. The number of benzene rings is 1. The summed E-state index contributed by atoms with van der Waals surface area (Å²) >= 11 is 0. The summed E-state index contributed by atoms with van der Waals surface area (Å²) in [5.74, 6) is 0. The lowest BCUT2D eigenvalue weighted by Crippen LogP contribution is -2.43. The van der Waals surface area contributed by atoms with Crippen LogP contribution < -0.4 is 11.2 Å². The number of rotatable bonds is 5. The zero-order valence-electron chi connectivity index (χ0n) is 14.4. The second kappa shape index (κ2) is 7.55. The van der Waals surface area contributed by atoms with Crippen molar-refractivity contribution in [3.8, 4) is 0 Å². The molecule has 140 valence electrons. The van der Waals surface area contributed by atoms with E-state index in [0.29, 0.717) is 6.42 Å². The summed E-state index contributed by atoms with van der Waals surface area (Å²) in [6.07, 6.45) is -3.12. The van der Waals surface area contributed by atoms with Gasteiger partial charge in [0.15, 0.2) is 6.23 Å². The summed E-state index contributed by atoms with van der Waals surface area (Å²) in [6, 6.07) is 8.93. The highest BCUT2D eigenvalue weighted by Gasteiger charge is 2.43. The first-order valence-corrected chi connectivity index (χ1v) is 8.43. The number of nitrogens with zero attached hydrogens (tertiary/aromatic N) is 2. The Bertz CT molecular complexity index is 890. The number of aliphatic hydroxyl groups is 3. The second-order valence-corrected chi connectivity index (χ2v) is 6.40. The van der Waals surface area contributed by atoms with Gasteiger partial charge in [-0.1, -0.05) is 24.3 Å². The van der Waals surface area contributed by atoms with Gasteiger partial charge < -0.3 is 20.1 Å². The van der Waals surface area contributed by atoms with Crippen molar-refractivity contribution >= 4 is 0 Å². The van der Waals surface area contributed by atoms with Gasteiger partial charge in [0, 0.05) is 18.8 Å². The Morgan fingerprint density at radius 1 is 1.12 bits per heavy atom. The minimum atomic E-state index is -1.38. The van der Waals surface area contributed by atoms with Crippen molar-refractivity contribution < 1.29 is 20.1 Å². The van der Waals surface area contributed by atoms with E-state index in [9.17, 15) is 24.9 Å². The molecule has 1 aliphatic heterocycles. The van der Waals surface area contributed by atoms with Gasteiger partial charge in [0.2, 0.25) is 0 Å². The molecule has 1 aromatic heterocycles. The minimum absolute atomic E-state index is 0.179.